The summed E-state index contributed by atoms with van der Waals surface area (Å²) in [6.07, 6.45) is 2.48. The van der Waals surface area contributed by atoms with Crippen LogP contribution in [0.1, 0.15) is 32.3 Å². The fourth-order valence-electron chi connectivity index (χ4n) is 2.01. The van der Waals surface area contributed by atoms with Crippen LogP contribution in [0, 0.1) is 12.8 Å². The van der Waals surface area contributed by atoms with Gasteiger partial charge in [-0.15, -0.1) is 0 Å². The van der Waals surface area contributed by atoms with Gasteiger partial charge in [-0.05, 0) is 37.0 Å². The molecule has 0 aliphatic heterocycles. The van der Waals surface area contributed by atoms with Gasteiger partial charge in [0.25, 0.3) is 0 Å². The number of methoxy groups -OCH3 is 1. The molecule has 1 aromatic carbocycles. The lowest BCUT2D eigenvalue weighted by Crippen LogP contribution is -2.13. The third-order valence-electron chi connectivity index (χ3n) is 3.10. The summed E-state index contributed by atoms with van der Waals surface area (Å²) in [5.74, 6) is 1.60. The van der Waals surface area contributed by atoms with Gasteiger partial charge in [-0.3, -0.25) is 0 Å². The third-order valence-corrected chi connectivity index (χ3v) is 3.10. The minimum Gasteiger partial charge on any atom is -0.489 e. The van der Waals surface area contributed by atoms with E-state index in [0.29, 0.717) is 19.1 Å². The molecule has 0 saturated carbocycles. The summed E-state index contributed by atoms with van der Waals surface area (Å²) in [6.45, 7) is 8.75. The Kier molecular flexibility index (Phi) is 7.34. The highest BCUT2D eigenvalue weighted by Crippen LogP contribution is 2.26. The van der Waals surface area contributed by atoms with Gasteiger partial charge in [-0.1, -0.05) is 26.3 Å². The SMILES string of the molecule is CCCC(C)CNc1ccc(C)cc1OCCOC. The Balaban J connectivity index is 2.59. The van der Waals surface area contributed by atoms with Crippen molar-refractivity contribution in [2.45, 2.75) is 33.6 Å². The van der Waals surface area contributed by atoms with Gasteiger partial charge in [0.05, 0.1) is 12.3 Å². The number of aryl methyl sites for hydroxylation is 1. The Hall–Kier alpha value is -1.22. The fourth-order valence-corrected chi connectivity index (χ4v) is 2.01. The molecule has 0 aliphatic carbocycles. The molecule has 1 aromatic rings. The standard InChI is InChI=1S/C16H27NO2/c1-5-6-14(3)12-17-15-8-7-13(2)11-16(15)19-10-9-18-4/h7-8,11,14,17H,5-6,9-10,12H2,1-4H3. The van der Waals surface area contributed by atoms with Crippen LogP contribution in [-0.4, -0.2) is 26.9 Å². The predicted octanol–water partition coefficient (Wildman–Crippen LogP) is 3.87. The van der Waals surface area contributed by atoms with Gasteiger partial charge < -0.3 is 14.8 Å². The van der Waals surface area contributed by atoms with Crippen molar-refractivity contribution in [1.29, 1.82) is 0 Å². The van der Waals surface area contributed by atoms with E-state index >= 15 is 0 Å². The molecule has 3 heteroatoms. The molecule has 0 bridgehead atoms. The van der Waals surface area contributed by atoms with E-state index in [1.54, 1.807) is 7.11 Å². The molecule has 0 saturated heterocycles. The molecule has 0 radical (unpaired) electrons. The van der Waals surface area contributed by atoms with Crippen molar-refractivity contribution in [3.05, 3.63) is 23.8 Å². The Labute approximate surface area is 117 Å². The van der Waals surface area contributed by atoms with Crippen LogP contribution in [-0.2, 0) is 4.74 Å². The van der Waals surface area contributed by atoms with Crippen molar-refractivity contribution in [3.8, 4) is 5.75 Å². The van der Waals surface area contributed by atoms with Gasteiger partial charge in [0.2, 0.25) is 0 Å². The van der Waals surface area contributed by atoms with Crippen LogP contribution in [0.5, 0.6) is 5.75 Å². The molecule has 0 aliphatic rings. The van der Waals surface area contributed by atoms with Crippen molar-refractivity contribution in [3.63, 3.8) is 0 Å². The number of hydrogen-bond acceptors (Lipinski definition) is 3. The van der Waals surface area contributed by atoms with E-state index in [2.05, 4.69) is 44.3 Å². The maximum atomic E-state index is 5.76. The second-order valence-corrected chi connectivity index (χ2v) is 5.12. The summed E-state index contributed by atoms with van der Waals surface area (Å²) in [6, 6.07) is 6.27. The molecule has 0 heterocycles. The van der Waals surface area contributed by atoms with Crippen LogP contribution in [0.2, 0.25) is 0 Å². The number of rotatable bonds is 9. The van der Waals surface area contributed by atoms with Crippen molar-refractivity contribution >= 4 is 5.69 Å². The van der Waals surface area contributed by atoms with E-state index in [9.17, 15) is 0 Å². The lowest BCUT2D eigenvalue weighted by Gasteiger charge is -2.16. The zero-order valence-corrected chi connectivity index (χ0v) is 12.7. The highest BCUT2D eigenvalue weighted by Gasteiger charge is 2.06. The number of hydrogen-bond donors (Lipinski definition) is 1. The largest absolute Gasteiger partial charge is 0.489 e. The molecule has 1 rings (SSSR count). The van der Waals surface area contributed by atoms with E-state index in [4.69, 9.17) is 9.47 Å². The Morgan fingerprint density at radius 2 is 2.05 bits per heavy atom. The molecule has 0 spiro atoms. The van der Waals surface area contributed by atoms with Crippen LogP contribution < -0.4 is 10.1 Å². The predicted molar refractivity (Wildman–Crippen MR) is 81.1 cm³/mol. The Morgan fingerprint density at radius 3 is 2.74 bits per heavy atom. The molecule has 1 unspecified atom stereocenters. The van der Waals surface area contributed by atoms with Crippen molar-refractivity contribution in [2.24, 2.45) is 5.92 Å². The summed E-state index contributed by atoms with van der Waals surface area (Å²) in [5, 5.41) is 3.49. The highest BCUT2D eigenvalue weighted by atomic mass is 16.5. The summed E-state index contributed by atoms with van der Waals surface area (Å²) >= 11 is 0. The van der Waals surface area contributed by atoms with Gasteiger partial charge in [0, 0.05) is 13.7 Å². The molecule has 3 nitrogen and oxygen atoms in total. The summed E-state index contributed by atoms with van der Waals surface area (Å²) in [7, 11) is 1.69. The molecule has 0 amide bonds. The molecule has 1 N–H and O–H groups in total. The first-order valence-corrected chi connectivity index (χ1v) is 7.13. The van der Waals surface area contributed by atoms with Gasteiger partial charge in [-0.25, -0.2) is 0 Å². The molecule has 0 fully saturated rings. The quantitative estimate of drug-likeness (QED) is 0.688. The third kappa shape index (κ3) is 5.97. The van der Waals surface area contributed by atoms with Crippen LogP contribution in [0.3, 0.4) is 0 Å². The molecule has 108 valence electrons. The van der Waals surface area contributed by atoms with E-state index in [0.717, 1.165) is 18.0 Å². The van der Waals surface area contributed by atoms with E-state index in [-0.39, 0.29) is 0 Å². The zero-order valence-electron chi connectivity index (χ0n) is 12.7. The smallest absolute Gasteiger partial charge is 0.142 e. The number of anilines is 1. The van der Waals surface area contributed by atoms with Gasteiger partial charge in [0.15, 0.2) is 0 Å². The van der Waals surface area contributed by atoms with Crippen molar-refractivity contribution in [2.75, 3.05) is 32.2 Å². The number of nitrogens with one attached hydrogen (secondary N) is 1. The van der Waals surface area contributed by atoms with Crippen LogP contribution in [0.4, 0.5) is 5.69 Å². The molecule has 19 heavy (non-hydrogen) atoms. The first-order chi connectivity index (χ1) is 9.17. The normalized spacial score (nSPS) is 12.2. The van der Waals surface area contributed by atoms with E-state index in [1.165, 1.54) is 18.4 Å². The maximum Gasteiger partial charge on any atom is 0.142 e. The van der Waals surface area contributed by atoms with Crippen LogP contribution in [0.15, 0.2) is 18.2 Å². The zero-order chi connectivity index (χ0) is 14.1. The van der Waals surface area contributed by atoms with Gasteiger partial charge >= 0.3 is 0 Å². The number of benzene rings is 1. The minimum atomic E-state index is 0.582. The maximum absolute atomic E-state index is 5.76. The number of ether oxygens (including phenoxy) is 2. The fraction of sp³-hybridized carbons (Fsp3) is 0.625. The lowest BCUT2D eigenvalue weighted by molar-refractivity contribution is 0.146. The minimum absolute atomic E-state index is 0.582. The van der Waals surface area contributed by atoms with Crippen LogP contribution in [0.25, 0.3) is 0 Å². The molecular weight excluding hydrogens is 238 g/mol. The first-order valence-electron chi connectivity index (χ1n) is 7.13. The van der Waals surface area contributed by atoms with Gasteiger partial charge in [-0.2, -0.15) is 0 Å². The average molecular weight is 265 g/mol. The van der Waals surface area contributed by atoms with E-state index < -0.39 is 0 Å². The lowest BCUT2D eigenvalue weighted by atomic mass is 10.1. The Morgan fingerprint density at radius 1 is 1.26 bits per heavy atom. The second-order valence-electron chi connectivity index (χ2n) is 5.12. The van der Waals surface area contributed by atoms with Gasteiger partial charge in [0.1, 0.15) is 12.4 Å². The molecule has 1 atom stereocenters. The first kappa shape index (κ1) is 15.8. The van der Waals surface area contributed by atoms with Crippen molar-refractivity contribution in [1.82, 2.24) is 0 Å². The monoisotopic (exact) mass is 265 g/mol. The summed E-state index contributed by atoms with van der Waals surface area (Å²) < 4.78 is 10.8. The van der Waals surface area contributed by atoms with Crippen molar-refractivity contribution < 1.29 is 9.47 Å². The topological polar surface area (TPSA) is 30.5 Å². The average Bonchev–Trinajstić information content (AvgIpc) is 2.38. The van der Waals surface area contributed by atoms with Crippen LogP contribution >= 0.6 is 0 Å². The molecular formula is C16H27NO2. The summed E-state index contributed by atoms with van der Waals surface area (Å²) in [5.41, 5.74) is 2.28. The summed E-state index contributed by atoms with van der Waals surface area (Å²) in [4.78, 5) is 0. The molecule has 0 aromatic heterocycles. The highest BCUT2D eigenvalue weighted by molar-refractivity contribution is 5.57. The van der Waals surface area contributed by atoms with E-state index in [1.807, 2.05) is 0 Å². The Bertz CT molecular complexity index is 366. The second kappa shape index (κ2) is 8.81.